The first-order valence-electron chi connectivity index (χ1n) is 43.8. The van der Waals surface area contributed by atoms with Gasteiger partial charge in [-0.05, 0) is 164 Å². The SMILES string of the molecule is [2H]c1c([2H])c(C(F)(F)F)c([2H])c([2H])c1-c1c([2H])c([2H])c(C([2H])([2H])N(CCN(CC)CC)C(=O)C([2H])([2H])n2c(SC([2H])([2H])c3ccc(F)cc3)nc(=O)c3c2C([2H])([2H])C([2H])(C)C3([2H])[2H])c([2H])c1[2H].[2H]c1c([2H])c(C([2H])([2H])Sc2nc(=O)c3c(n2C([2H])([2H])C(=O)N(CCN(CC)CC)C([2H])(C)c2ccc(-c4ccc(C(F)(F)F)cc4)cc2)CCC3)c([2H])c([2H])c1F. The van der Waals surface area contributed by atoms with Crippen molar-refractivity contribution < 1.29 is 83.1 Å². The third kappa shape index (κ3) is 18.8. The Balaban J connectivity index is 0.000000285. The number of aromatic nitrogens is 4. The quantitative estimate of drug-likeness (QED) is 0.0295. The summed E-state index contributed by atoms with van der Waals surface area (Å²) in [7, 11) is 0. The van der Waals surface area contributed by atoms with Gasteiger partial charge < -0.3 is 28.7 Å². The molecule has 0 bridgehead atoms. The van der Waals surface area contributed by atoms with E-state index in [-0.39, 0.29) is 101 Å². The molecule has 12 nitrogen and oxygen atoms in total. The van der Waals surface area contributed by atoms with E-state index in [1.807, 2.05) is 18.7 Å². The second kappa shape index (κ2) is 32.9. The molecule has 2 aliphatic rings. The van der Waals surface area contributed by atoms with E-state index in [9.17, 15) is 59.1 Å². The van der Waals surface area contributed by atoms with Crippen LogP contribution in [0.3, 0.4) is 0 Å². The first-order chi connectivity index (χ1) is 56.9. The van der Waals surface area contributed by atoms with Crippen LogP contribution in [0.25, 0.3) is 22.3 Å². The maximum absolute atomic E-state index is 15.1. The van der Waals surface area contributed by atoms with Crippen LogP contribution in [-0.2, 0) is 78.4 Å². The first-order valence-corrected chi connectivity index (χ1v) is 31.4. The molecule has 2 atom stereocenters. The Morgan fingerprint density at radius 3 is 1.66 bits per heavy atom. The lowest BCUT2D eigenvalue weighted by Crippen LogP contribution is -2.42. The Morgan fingerprint density at radius 2 is 1.09 bits per heavy atom. The summed E-state index contributed by atoms with van der Waals surface area (Å²) < 4.78 is 356. The van der Waals surface area contributed by atoms with Crippen molar-refractivity contribution >= 4 is 35.3 Å². The molecule has 2 heterocycles. The molecule has 0 N–H and O–H groups in total. The number of amides is 2. The highest BCUT2D eigenvalue weighted by molar-refractivity contribution is 7.98. The fourth-order valence-corrected chi connectivity index (χ4v) is 11.1. The lowest BCUT2D eigenvalue weighted by molar-refractivity contribution is -0.138. The molecule has 8 aromatic rings. The Hall–Kier alpha value is -7.92. The maximum Gasteiger partial charge on any atom is 0.416 e. The minimum Gasteiger partial charge on any atom is -0.336 e. The van der Waals surface area contributed by atoms with Gasteiger partial charge in [-0.3, -0.25) is 19.2 Å². The second-order valence-corrected chi connectivity index (χ2v) is 22.6. The number of thioether (sulfide) groups is 2. The summed E-state index contributed by atoms with van der Waals surface area (Å²) >= 11 is -0.0447. The van der Waals surface area contributed by atoms with Crippen molar-refractivity contribution in [3.8, 4) is 22.3 Å². The number of halogens is 8. The number of carbonyl (C=O) groups is 2. The van der Waals surface area contributed by atoms with Gasteiger partial charge in [-0.25, -0.2) is 8.78 Å². The standard InChI is InChI=1S/2C37H40F4N4O2S/c1-4-43(5-2)18-19-44(22-26-6-10-28(11-7-26)29-12-14-30(15-13-29)37(39,40)41)34(46)23-45-33-21-25(3)20-32(33)35(47)42-36(45)48-24-27-8-16-31(38)17-9-27;1-4-43(5-2)21-22-44(25(3)27-11-13-28(14-12-27)29-15-17-30(18-16-29)37(39,40)41)34(46)23-45-33-8-6-7-32(33)35(47)42-36(45)48-24-26-9-19-31(38)20-10-26/h6-17,25H,4-5,18-24H2,1-3H3;9-20,25H,4-8,21-24H2,1-3H3/i6D,7D,10D,11D,12D,13D,14D,15D,20D2,21D2,22D2,23D2,24D2,25D;9D,10D,19D,20D,23D2,24D2,25D. The van der Waals surface area contributed by atoms with E-state index in [0.29, 0.717) is 30.6 Å². The molecule has 2 amide bonds. The van der Waals surface area contributed by atoms with Gasteiger partial charge in [-0.1, -0.05) is 155 Å². The summed E-state index contributed by atoms with van der Waals surface area (Å²) in [6.45, 7) is -1.27. The van der Waals surface area contributed by atoms with Crippen LogP contribution in [0, 0.1) is 17.5 Å². The van der Waals surface area contributed by atoms with Crippen molar-refractivity contribution in [2.24, 2.45) is 5.89 Å². The van der Waals surface area contributed by atoms with Gasteiger partial charge in [0.25, 0.3) is 11.1 Å². The third-order valence-electron chi connectivity index (χ3n) is 15.0. The molecule has 96 heavy (non-hydrogen) atoms. The lowest BCUT2D eigenvalue weighted by atomic mass is 9.99. The van der Waals surface area contributed by atoms with Crippen molar-refractivity contribution in [2.75, 3.05) is 52.4 Å². The Kier molecular flexibility index (Phi) is 14.9. The number of rotatable bonds is 26. The Labute approximate surface area is 603 Å². The van der Waals surface area contributed by atoms with Crippen LogP contribution < -0.4 is 11.1 Å². The van der Waals surface area contributed by atoms with Crippen LogP contribution in [0.4, 0.5) is 35.1 Å². The smallest absolute Gasteiger partial charge is 0.336 e. The van der Waals surface area contributed by atoms with E-state index in [2.05, 4.69) is 9.97 Å². The van der Waals surface area contributed by atoms with Gasteiger partial charge in [0.15, 0.2) is 10.3 Å². The highest BCUT2D eigenvalue weighted by atomic mass is 32.2. The van der Waals surface area contributed by atoms with Crippen LogP contribution >= 0.6 is 23.5 Å². The molecule has 2 aliphatic carbocycles. The Morgan fingerprint density at radius 1 is 0.594 bits per heavy atom. The van der Waals surface area contributed by atoms with Gasteiger partial charge in [0.05, 0.1) is 43.2 Å². The number of nitrogens with zero attached hydrogens (tertiary/aromatic N) is 8. The van der Waals surface area contributed by atoms with Crippen LogP contribution in [-0.4, -0.2) is 103 Å². The number of hydrogen-bond acceptors (Lipinski definition) is 10. The highest BCUT2D eigenvalue weighted by Crippen LogP contribution is 2.35. The third-order valence-corrected chi connectivity index (χ3v) is 16.5. The number of carbonyl (C=O) groups excluding carboxylic acids is 2. The molecule has 6 aromatic carbocycles. The molecular formula is C74H80F8N8O4S2. The van der Waals surface area contributed by atoms with E-state index in [1.165, 1.54) is 31.2 Å². The molecule has 2 unspecified atom stereocenters. The van der Waals surface area contributed by atoms with E-state index in [1.54, 1.807) is 30.9 Å². The number of likely N-dealkylation sites (N-methyl/N-ethyl adjacent to an activating group) is 2. The zero-order valence-corrected chi connectivity index (χ0v) is 53.9. The predicted octanol–water partition coefficient (Wildman–Crippen LogP) is 15.2. The fraction of sp³-hybridized carbons (Fsp3) is 0.378. The van der Waals surface area contributed by atoms with Crippen LogP contribution in [0.15, 0.2) is 165 Å². The van der Waals surface area contributed by atoms with Crippen LogP contribution in [0.2, 0.25) is 0 Å². The zero-order chi connectivity index (χ0) is 93.7. The number of alkyl halides is 6. The topological polar surface area (TPSA) is 117 Å². The van der Waals surface area contributed by atoms with Crippen molar-refractivity contribution in [3.05, 3.63) is 234 Å². The molecule has 0 radical (unpaired) electrons. The van der Waals surface area contributed by atoms with Gasteiger partial charge in [-0.15, -0.1) is 0 Å². The van der Waals surface area contributed by atoms with Gasteiger partial charge in [0.2, 0.25) is 11.8 Å². The van der Waals surface area contributed by atoms with E-state index in [0.717, 1.165) is 52.8 Å². The van der Waals surface area contributed by atoms with Gasteiger partial charge >= 0.3 is 12.4 Å². The summed E-state index contributed by atoms with van der Waals surface area (Å²) in [6, 6.07) is -3.54. The minimum atomic E-state index is -5.41. The molecule has 2 aromatic heterocycles. The highest BCUT2D eigenvalue weighted by Gasteiger charge is 2.33. The number of hydrogen-bond donors (Lipinski definition) is 0. The minimum absolute atomic E-state index is 0.0153. The molecule has 10 rings (SSSR count). The van der Waals surface area contributed by atoms with Crippen LogP contribution in [0.5, 0.6) is 0 Å². The molecule has 22 heteroatoms. The van der Waals surface area contributed by atoms with Crippen LogP contribution in [0.1, 0.15) is 148 Å². The number of benzene rings is 6. The van der Waals surface area contributed by atoms with E-state index < -0.39 is 236 Å². The summed E-state index contributed by atoms with van der Waals surface area (Å²) in [4.78, 5) is 69.2. The van der Waals surface area contributed by atoms with Gasteiger partial charge in [0.1, 0.15) is 24.6 Å². The van der Waals surface area contributed by atoms with Gasteiger partial charge in [0, 0.05) is 78.9 Å². The lowest BCUT2D eigenvalue weighted by Gasteiger charge is -2.33. The molecule has 508 valence electrons. The average Bonchev–Trinajstić information content (AvgIpc) is 1.51. The largest absolute Gasteiger partial charge is 0.416 e. The molecule has 0 saturated heterocycles. The fourth-order valence-electron chi connectivity index (χ4n) is 9.70. The van der Waals surface area contributed by atoms with Crippen molar-refractivity contribution in [1.82, 2.24) is 38.7 Å². The van der Waals surface area contributed by atoms with E-state index >= 15 is 4.79 Å². The summed E-state index contributed by atoms with van der Waals surface area (Å²) in [5, 5.41) is -1.80. The second-order valence-electron chi connectivity index (χ2n) is 21.1. The monoisotopic (exact) mass is 1390 g/mol. The first kappa shape index (κ1) is 43.4. The predicted molar refractivity (Wildman–Crippen MR) is 362 cm³/mol. The van der Waals surface area contributed by atoms with E-state index in [4.69, 9.17) is 28.8 Å². The summed E-state index contributed by atoms with van der Waals surface area (Å²) in [5.41, 5.74) is -17.0. The normalized spacial score (nSPS) is 21.0. The summed E-state index contributed by atoms with van der Waals surface area (Å²) in [5.74, 6) is -8.59. The van der Waals surface area contributed by atoms with Crippen molar-refractivity contribution in [1.29, 1.82) is 0 Å². The molecule has 0 spiro atoms. The number of fused-ring (bicyclic) bond motifs is 2. The molecule has 0 saturated carbocycles. The average molecular weight is 1390 g/mol. The Bertz CT molecular complexity index is 5520. The molecule has 0 aliphatic heterocycles. The summed E-state index contributed by atoms with van der Waals surface area (Å²) in [6.07, 6.45) is -16.0. The molecular weight excluding hydrogens is 1280 g/mol. The van der Waals surface area contributed by atoms with Crippen molar-refractivity contribution in [3.63, 3.8) is 0 Å². The zero-order valence-electron chi connectivity index (χ0n) is 80.3. The maximum atomic E-state index is 15.1. The van der Waals surface area contributed by atoms with Crippen molar-refractivity contribution in [2.45, 2.75) is 133 Å². The van der Waals surface area contributed by atoms with Gasteiger partial charge in [-0.2, -0.15) is 36.3 Å². The molecule has 0 fully saturated rings.